The zero-order chi connectivity index (χ0) is 9.23. The van der Waals surface area contributed by atoms with Crippen LogP contribution in [0.1, 0.15) is 51.9 Å². The van der Waals surface area contributed by atoms with Crippen LogP contribution in [0.25, 0.3) is 0 Å². The Morgan fingerprint density at radius 2 is 1.75 bits per heavy atom. The van der Waals surface area contributed by atoms with Gasteiger partial charge in [0.05, 0.1) is 6.07 Å². The molecule has 0 amide bonds. The summed E-state index contributed by atoms with van der Waals surface area (Å²) in [5, 5.41) is 8.28. The number of hydrogen-bond donors (Lipinski definition) is 0. The summed E-state index contributed by atoms with van der Waals surface area (Å²) in [7, 11) is 0. The van der Waals surface area contributed by atoms with Crippen LogP contribution >= 0.6 is 0 Å². The van der Waals surface area contributed by atoms with E-state index in [0.29, 0.717) is 0 Å². The van der Waals surface area contributed by atoms with Crippen molar-refractivity contribution in [2.45, 2.75) is 51.9 Å². The van der Waals surface area contributed by atoms with E-state index in [4.69, 9.17) is 5.26 Å². The van der Waals surface area contributed by atoms with E-state index in [1.165, 1.54) is 31.3 Å². The molecule has 68 valence electrons. The first-order chi connectivity index (χ1) is 5.77. The summed E-state index contributed by atoms with van der Waals surface area (Å²) < 4.78 is 0. The van der Waals surface area contributed by atoms with Crippen LogP contribution < -0.4 is 0 Å². The lowest BCUT2D eigenvalue weighted by Gasteiger charge is -1.99. The fourth-order valence-electron chi connectivity index (χ4n) is 1.16. The average Bonchev–Trinajstić information content (AvgIpc) is 2.02. The molecule has 0 radical (unpaired) electrons. The van der Waals surface area contributed by atoms with E-state index in [-0.39, 0.29) is 0 Å². The smallest absolute Gasteiger partial charge is 0.0621 e. The van der Waals surface area contributed by atoms with Crippen molar-refractivity contribution in [3.63, 3.8) is 0 Å². The summed E-state index contributed by atoms with van der Waals surface area (Å²) >= 11 is 0. The van der Waals surface area contributed by atoms with Crippen LogP contribution in [0.15, 0.2) is 12.2 Å². The van der Waals surface area contributed by atoms with E-state index in [2.05, 4.69) is 19.6 Å². The number of hydrogen-bond acceptors (Lipinski definition) is 1. The molecule has 0 rings (SSSR count). The normalized spacial score (nSPS) is 9.33. The van der Waals surface area contributed by atoms with Crippen molar-refractivity contribution < 1.29 is 0 Å². The molecular weight excluding hydrogens is 146 g/mol. The molecule has 0 spiro atoms. The van der Waals surface area contributed by atoms with E-state index >= 15 is 0 Å². The largest absolute Gasteiger partial charge is 0.198 e. The van der Waals surface area contributed by atoms with Crippen LogP contribution in [-0.2, 0) is 0 Å². The molecule has 0 bridgehead atoms. The van der Waals surface area contributed by atoms with Crippen molar-refractivity contribution in [3.05, 3.63) is 12.2 Å². The van der Waals surface area contributed by atoms with E-state index in [1.807, 2.05) is 0 Å². The van der Waals surface area contributed by atoms with Gasteiger partial charge in [-0.15, -0.1) is 6.58 Å². The van der Waals surface area contributed by atoms with Crippen LogP contribution in [0.4, 0.5) is 0 Å². The molecule has 0 fully saturated rings. The molecule has 1 heteroatoms. The quantitative estimate of drug-likeness (QED) is 0.415. The van der Waals surface area contributed by atoms with Crippen LogP contribution in [-0.4, -0.2) is 0 Å². The number of allylic oxidation sites excluding steroid dienone is 1. The summed E-state index contributed by atoms with van der Waals surface area (Å²) in [6, 6.07) is 2.16. The zero-order valence-electron chi connectivity index (χ0n) is 8.10. The summed E-state index contributed by atoms with van der Waals surface area (Å²) in [5.41, 5.74) is 1.28. The standard InChI is InChI=1S/C11H19N/c1-11(2)9-7-5-3-4-6-8-10-12/h1,3-9H2,2H3. The van der Waals surface area contributed by atoms with Gasteiger partial charge < -0.3 is 0 Å². The molecule has 12 heavy (non-hydrogen) atoms. The first-order valence-electron chi connectivity index (χ1n) is 4.78. The second-order valence-corrected chi connectivity index (χ2v) is 3.38. The van der Waals surface area contributed by atoms with Gasteiger partial charge in [-0.3, -0.25) is 0 Å². The predicted molar refractivity (Wildman–Crippen MR) is 52.7 cm³/mol. The van der Waals surface area contributed by atoms with Gasteiger partial charge in [0.25, 0.3) is 0 Å². The highest BCUT2D eigenvalue weighted by Gasteiger charge is 1.90. The Bertz CT molecular complexity index is 153. The molecule has 0 aliphatic rings. The molecule has 0 aliphatic heterocycles. The summed E-state index contributed by atoms with van der Waals surface area (Å²) in [4.78, 5) is 0. The van der Waals surface area contributed by atoms with E-state index < -0.39 is 0 Å². The molecule has 0 atom stereocenters. The molecule has 0 aromatic rings. The van der Waals surface area contributed by atoms with Crippen LogP contribution in [0.2, 0.25) is 0 Å². The molecule has 0 aromatic carbocycles. The number of nitrogens with zero attached hydrogens (tertiary/aromatic N) is 1. The first kappa shape index (κ1) is 11.2. The maximum Gasteiger partial charge on any atom is 0.0621 e. The third kappa shape index (κ3) is 9.23. The van der Waals surface area contributed by atoms with E-state index in [0.717, 1.165) is 19.3 Å². The highest BCUT2D eigenvalue weighted by atomic mass is 14.2. The summed E-state index contributed by atoms with van der Waals surface area (Å²) in [6.45, 7) is 5.94. The molecular formula is C11H19N. The van der Waals surface area contributed by atoms with Crippen molar-refractivity contribution in [2.75, 3.05) is 0 Å². The third-order valence-electron chi connectivity index (χ3n) is 1.89. The Morgan fingerprint density at radius 1 is 1.17 bits per heavy atom. The second-order valence-electron chi connectivity index (χ2n) is 3.38. The minimum atomic E-state index is 0.723. The van der Waals surface area contributed by atoms with Gasteiger partial charge in [0.2, 0.25) is 0 Å². The van der Waals surface area contributed by atoms with Crippen molar-refractivity contribution in [1.82, 2.24) is 0 Å². The van der Waals surface area contributed by atoms with Gasteiger partial charge in [0.15, 0.2) is 0 Å². The molecule has 0 unspecified atom stereocenters. The van der Waals surface area contributed by atoms with Crippen molar-refractivity contribution in [2.24, 2.45) is 0 Å². The van der Waals surface area contributed by atoms with E-state index in [9.17, 15) is 0 Å². The van der Waals surface area contributed by atoms with Gasteiger partial charge in [0, 0.05) is 6.42 Å². The Labute approximate surface area is 76.1 Å². The number of unbranched alkanes of at least 4 members (excludes halogenated alkanes) is 5. The average molecular weight is 165 g/mol. The number of nitriles is 1. The summed E-state index contributed by atoms with van der Waals surface area (Å²) in [6.07, 6.45) is 8.00. The van der Waals surface area contributed by atoms with Gasteiger partial charge >= 0.3 is 0 Å². The van der Waals surface area contributed by atoms with Gasteiger partial charge in [-0.05, 0) is 26.2 Å². The fraction of sp³-hybridized carbons (Fsp3) is 0.727. The lowest BCUT2D eigenvalue weighted by atomic mass is 10.1. The van der Waals surface area contributed by atoms with Gasteiger partial charge in [-0.25, -0.2) is 0 Å². The van der Waals surface area contributed by atoms with Gasteiger partial charge in [-0.1, -0.05) is 24.8 Å². The van der Waals surface area contributed by atoms with Crippen LogP contribution in [0, 0.1) is 11.3 Å². The molecule has 0 aromatic heterocycles. The first-order valence-corrected chi connectivity index (χ1v) is 4.78. The van der Waals surface area contributed by atoms with Crippen LogP contribution in [0.3, 0.4) is 0 Å². The molecule has 1 nitrogen and oxygen atoms in total. The fourth-order valence-corrected chi connectivity index (χ4v) is 1.16. The summed E-state index contributed by atoms with van der Waals surface area (Å²) in [5.74, 6) is 0. The van der Waals surface area contributed by atoms with E-state index in [1.54, 1.807) is 0 Å². The predicted octanol–water partition coefficient (Wildman–Crippen LogP) is 3.82. The molecule has 0 aliphatic carbocycles. The van der Waals surface area contributed by atoms with Gasteiger partial charge in [-0.2, -0.15) is 5.26 Å². The van der Waals surface area contributed by atoms with Crippen molar-refractivity contribution in [1.29, 1.82) is 5.26 Å². The van der Waals surface area contributed by atoms with Crippen molar-refractivity contribution >= 4 is 0 Å². The molecule has 0 saturated carbocycles. The Hall–Kier alpha value is -0.770. The zero-order valence-corrected chi connectivity index (χ0v) is 8.10. The second kappa shape index (κ2) is 8.33. The monoisotopic (exact) mass is 165 g/mol. The number of rotatable bonds is 7. The SMILES string of the molecule is C=C(C)CCCCCCCC#N. The minimum absolute atomic E-state index is 0.723. The molecule has 0 N–H and O–H groups in total. The molecule has 0 heterocycles. The van der Waals surface area contributed by atoms with Crippen LogP contribution in [0.5, 0.6) is 0 Å². The Balaban J connectivity index is 2.92. The van der Waals surface area contributed by atoms with Gasteiger partial charge in [0.1, 0.15) is 0 Å². The Morgan fingerprint density at radius 3 is 2.33 bits per heavy atom. The lowest BCUT2D eigenvalue weighted by Crippen LogP contribution is -1.80. The highest BCUT2D eigenvalue weighted by molar-refractivity contribution is 4.86. The minimum Gasteiger partial charge on any atom is -0.198 e. The van der Waals surface area contributed by atoms with Crippen molar-refractivity contribution in [3.8, 4) is 6.07 Å². The molecule has 0 saturated heterocycles. The highest BCUT2D eigenvalue weighted by Crippen LogP contribution is 2.09. The Kier molecular flexibility index (Phi) is 7.79. The maximum atomic E-state index is 8.28. The third-order valence-corrected chi connectivity index (χ3v) is 1.89. The lowest BCUT2D eigenvalue weighted by molar-refractivity contribution is 0.618. The topological polar surface area (TPSA) is 23.8 Å². The maximum absolute atomic E-state index is 8.28.